The molecule has 0 aromatic heterocycles. The molecule has 0 aliphatic rings. The van der Waals surface area contributed by atoms with Crippen LogP contribution in [0.25, 0.3) is 0 Å². The van der Waals surface area contributed by atoms with E-state index in [0.717, 1.165) is 0 Å². The molecule has 116 valence electrons. The molecular formula is C12H21O7P. The Morgan fingerprint density at radius 2 is 1.55 bits per heavy atom. The van der Waals surface area contributed by atoms with Crippen molar-refractivity contribution in [1.82, 2.24) is 0 Å². The summed E-state index contributed by atoms with van der Waals surface area (Å²) in [6, 6.07) is 0. The second-order valence-electron chi connectivity index (χ2n) is 3.59. The van der Waals surface area contributed by atoms with Gasteiger partial charge < -0.3 is 18.5 Å². The van der Waals surface area contributed by atoms with Crippen molar-refractivity contribution in [3.8, 4) is 0 Å². The van der Waals surface area contributed by atoms with Crippen molar-refractivity contribution >= 4 is 19.5 Å². The minimum absolute atomic E-state index is 0.00264. The molecule has 0 aliphatic heterocycles. The van der Waals surface area contributed by atoms with E-state index in [4.69, 9.17) is 13.8 Å². The van der Waals surface area contributed by atoms with Crippen LogP contribution < -0.4 is 0 Å². The number of carbonyl (C=O) groups excluding carboxylic acids is 2. The predicted molar refractivity (Wildman–Crippen MR) is 72.5 cm³/mol. The maximum Gasteiger partial charge on any atom is 0.341 e. The topological polar surface area (TPSA) is 88.1 Å². The molecular weight excluding hydrogens is 287 g/mol. The van der Waals surface area contributed by atoms with Crippen LogP contribution in [0.1, 0.15) is 20.8 Å². The number of ether oxygens (including phenoxy) is 2. The summed E-state index contributed by atoms with van der Waals surface area (Å²) < 4.78 is 31.4. The van der Waals surface area contributed by atoms with E-state index in [-0.39, 0.29) is 32.0 Å². The smallest absolute Gasteiger partial charge is 0.341 e. The number of hydrogen-bond donors (Lipinski definition) is 0. The minimum atomic E-state index is -3.49. The highest BCUT2D eigenvalue weighted by Gasteiger charge is 2.28. The van der Waals surface area contributed by atoms with E-state index in [1.165, 1.54) is 0 Å². The maximum absolute atomic E-state index is 12.0. The Bertz CT molecular complexity index is 381. The molecule has 0 fully saturated rings. The molecule has 0 aromatic rings. The van der Waals surface area contributed by atoms with Gasteiger partial charge in [0.1, 0.15) is 12.8 Å². The molecule has 0 unspecified atom stereocenters. The van der Waals surface area contributed by atoms with E-state index < -0.39 is 25.7 Å². The molecule has 0 spiro atoms. The summed E-state index contributed by atoms with van der Waals surface area (Å²) in [6.45, 7) is 8.54. The van der Waals surface area contributed by atoms with Crippen molar-refractivity contribution in [2.24, 2.45) is 0 Å². The third-order valence-electron chi connectivity index (χ3n) is 1.95. The van der Waals surface area contributed by atoms with E-state index in [1.54, 1.807) is 20.8 Å². The summed E-state index contributed by atoms with van der Waals surface area (Å²) in [5.74, 6) is -1.43. The van der Waals surface area contributed by atoms with Crippen LogP contribution in [-0.2, 0) is 32.7 Å². The third kappa shape index (κ3) is 7.43. The van der Waals surface area contributed by atoms with E-state index in [9.17, 15) is 14.2 Å². The zero-order valence-corrected chi connectivity index (χ0v) is 12.9. The van der Waals surface area contributed by atoms with Crippen molar-refractivity contribution in [2.45, 2.75) is 20.8 Å². The second kappa shape index (κ2) is 9.69. The van der Waals surface area contributed by atoms with Crippen molar-refractivity contribution in [2.75, 3.05) is 32.6 Å². The number of carbonyl (C=O) groups is 2. The first-order valence-electron chi connectivity index (χ1n) is 6.27. The van der Waals surface area contributed by atoms with E-state index in [2.05, 4.69) is 11.3 Å². The summed E-state index contributed by atoms with van der Waals surface area (Å²) in [7, 11) is -3.49. The third-order valence-corrected chi connectivity index (χ3v) is 3.89. The molecule has 0 aromatic carbocycles. The monoisotopic (exact) mass is 308 g/mol. The van der Waals surface area contributed by atoms with Gasteiger partial charge in [0.25, 0.3) is 0 Å². The maximum atomic E-state index is 12.0. The van der Waals surface area contributed by atoms with Gasteiger partial charge in [-0.25, -0.2) is 4.79 Å². The van der Waals surface area contributed by atoms with E-state index in [1.807, 2.05) is 0 Å². The molecule has 0 bridgehead atoms. The first-order valence-corrected chi connectivity index (χ1v) is 8.00. The van der Waals surface area contributed by atoms with Gasteiger partial charge in [0.2, 0.25) is 0 Å². The molecule has 7 nitrogen and oxygen atoms in total. The lowest BCUT2D eigenvalue weighted by Gasteiger charge is -2.16. The zero-order chi connectivity index (χ0) is 15.6. The molecule has 0 N–H and O–H groups in total. The SMILES string of the molecule is C=C(COC(=O)CP(=O)(OCC)OCC)C(=O)OCC. The van der Waals surface area contributed by atoms with Gasteiger partial charge in [0.15, 0.2) is 0 Å². The minimum Gasteiger partial charge on any atom is -0.463 e. The molecule has 0 saturated heterocycles. The molecule has 0 aliphatic carbocycles. The average molecular weight is 308 g/mol. The average Bonchev–Trinajstić information content (AvgIpc) is 2.36. The second-order valence-corrected chi connectivity index (χ2v) is 5.64. The summed E-state index contributed by atoms with van der Waals surface area (Å²) in [5, 5.41) is 0. The van der Waals surface area contributed by atoms with Gasteiger partial charge in [-0.15, -0.1) is 0 Å². The van der Waals surface area contributed by atoms with Crippen LogP contribution in [0, 0.1) is 0 Å². The van der Waals surface area contributed by atoms with Gasteiger partial charge in [-0.1, -0.05) is 6.58 Å². The lowest BCUT2D eigenvalue weighted by molar-refractivity contribution is -0.142. The predicted octanol–water partition coefficient (Wildman–Crippen LogP) is 1.91. The van der Waals surface area contributed by atoms with Crippen LogP contribution in [0.5, 0.6) is 0 Å². The number of rotatable bonds is 10. The highest BCUT2D eigenvalue weighted by Crippen LogP contribution is 2.47. The molecule has 0 saturated carbocycles. The summed E-state index contributed by atoms with van der Waals surface area (Å²) in [4.78, 5) is 22.8. The van der Waals surface area contributed by atoms with Gasteiger partial charge in [0.05, 0.1) is 25.4 Å². The standard InChI is InChI=1S/C12H21O7P/c1-5-16-12(14)10(4)8-17-11(13)9-20(15,18-6-2)19-7-3/h4-9H2,1-3H3. The fourth-order valence-electron chi connectivity index (χ4n) is 1.19. The van der Waals surface area contributed by atoms with Gasteiger partial charge in [0, 0.05) is 0 Å². The molecule has 0 heterocycles. The summed E-state index contributed by atoms with van der Waals surface area (Å²) in [6.07, 6.45) is -0.509. The van der Waals surface area contributed by atoms with Crippen LogP contribution in [0.3, 0.4) is 0 Å². The van der Waals surface area contributed by atoms with Crippen LogP contribution in [0.15, 0.2) is 12.2 Å². The molecule has 0 amide bonds. The number of esters is 2. The summed E-state index contributed by atoms with van der Waals surface area (Å²) >= 11 is 0. The zero-order valence-electron chi connectivity index (χ0n) is 12.0. The fraction of sp³-hybridized carbons (Fsp3) is 0.667. The number of hydrogen-bond acceptors (Lipinski definition) is 7. The Morgan fingerprint density at radius 3 is 2.00 bits per heavy atom. The van der Waals surface area contributed by atoms with Crippen molar-refractivity contribution in [3.63, 3.8) is 0 Å². The van der Waals surface area contributed by atoms with Crippen molar-refractivity contribution in [3.05, 3.63) is 12.2 Å². The van der Waals surface area contributed by atoms with E-state index >= 15 is 0 Å². The Morgan fingerprint density at radius 1 is 1.00 bits per heavy atom. The Labute approximate surface area is 118 Å². The molecule has 0 radical (unpaired) electrons. The van der Waals surface area contributed by atoms with Crippen molar-refractivity contribution < 1.29 is 32.7 Å². The normalized spacial score (nSPS) is 10.9. The van der Waals surface area contributed by atoms with Gasteiger partial charge in [-0.2, -0.15) is 0 Å². The largest absolute Gasteiger partial charge is 0.463 e. The Hall–Kier alpha value is -1.17. The van der Waals surface area contributed by atoms with Crippen LogP contribution in [-0.4, -0.2) is 44.5 Å². The first-order chi connectivity index (χ1) is 9.38. The van der Waals surface area contributed by atoms with Crippen LogP contribution >= 0.6 is 7.60 Å². The van der Waals surface area contributed by atoms with Gasteiger partial charge in [-0.3, -0.25) is 9.36 Å². The lowest BCUT2D eigenvalue weighted by Crippen LogP contribution is -2.18. The molecule has 0 atom stereocenters. The van der Waals surface area contributed by atoms with Crippen molar-refractivity contribution in [1.29, 1.82) is 0 Å². The highest BCUT2D eigenvalue weighted by atomic mass is 31.2. The lowest BCUT2D eigenvalue weighted by atomic mass is 10.3. The molecule has 0 rings (SSSR count). The highest BCUT2D eigenvalue weighted by molar-refractivity contribution is 7.54. The van der Waals surface area contributed by atoms with Crippen LogP contribution in [0.4, 0.5) is 0 Å². The quantitative estimate of drug-likeness (QED) is 0.346. The fourth-order valence-corrected chi connectivity index (χ4v) is 2.64. The van der Waals surface area contributed by atoms with Gasteiger partial charge >= 0.3 is 19.5 Å². The van der Waals surface area contributed by atoms with Crippen LogP contribution in [0.2, 0.25) is 0 Å². The first kappa shape index (κ1) is 18.8. The molecule has 20 heavy (non-hydrogen) atoms. The van der Waals surface area contributed by atoms with Gasteiger partial charge in [-0.05, 0) is 20.8 Å². The van der Waals surface area contributed by atoms with E-state index in [0.29, 0.717) is 0 Å². The Balaban J connectivity index is 4.30. The molecule has 8 heteroatoms. The summed E-state index contributed by atoms with van der Waals surface area (Å²) in [5.41, 5.74) is 0.00264. The Kier molecular flexibility index (Phi) is 9.12.